The standard InChI is InChI=1S/C11H15N3O2/c1-6-2-9-7(5-13-14-9)3-8(6)11(16)10(15)4-12/h2-3,5,10-11,15-16H,4,12H2,1H3,(H,13,14). The number of aryl methyl sites for hydroxylation is 1. The van der Waals surface area contributed by atoms with Gasteiger partial charge in [0.15, 0.2) is 0 Å². The molecule has 5 nitrogen and oxygen atoms in total. The third-order valence-electron chi connectivity index (χ3n) is 2.75. The molecule has 1 heterocycles. The fraction of sp³-hybridized carbons (Fsp3) is 0.364. The number of nitrogens with two attached hydrogens (primary N) is 1. The van der Waals surface area contributed by atoms with E-state index in [4.69, 9.17) is 5.73 Å². The van der Waals surface area contributed by atoms with Crippen molar-refractivity contribution in [1.82, 2.24) is 10.2 Å². The Bertz CT molecular complexity index is 495. The Morgan fingerprint density at radius 1 is 1.44 bits per heavy atom. The highest BCUT2D eigenvalue weighted by atomic mass is 16.3. The Morgan fingerprint density at radius 2 is 2.19 bits per heavy atom. The molecule has 0 radical (unpaired) electrons. The van der Waals surface area contributed by atoms with E-state index in [-0.39, 0.29) is 6.54 Å². The van der Waals surface area contributed by atoms with E-state index in [1.807, 2.05) is 19.1 Å². The summed E-state index contributed by atoms with van der Waals surface area (Å²) in [6.07, 6.45) is -0.216. The van der Waals surface area contributed by atoms with E-state index >= 15 is 0 Å². The highest BCUT2D eigenvalue weighted by molar-refractivity contribution is 5.79. The molecule has 0 aliphatic carbocycles. The molecule has 16 heavy (non-hydrogen) atoms. The average Bonchev–Trinajstić information content (AvgIpc) is 2.72. The first-order chi connectivity index (χ1) is 7.63. The summed E-state index contributed by atoms with van der Waals surface area (Å²) in [6, 6.07) is 3.71. The smallest absolute Gasteiger partial charge is 0.106 e. The van der Waals surface area contributed by atoms with Gasteiger partial charge in [-0.15, -0.1) is 0 Å². The number of rotatable bonds is 3. The van der Waals surface area contributed by atoms with Crippen molar-refractivity contribution >= 4 is 10.9 Å². The number of aliphatic hydroxyl groups is 2. The number of aromatic amines is 1. The Kier molecular flexibility index (Phi) is 2.91. The summed E-state index contributed by atoms with van der Waals surface area (Å²) >= 11 is 0. The normalized spacial score (nSPS) is 15.2. The summed E-state index contributed by atoms with van der Waals surface area (Å²) in [5.74, 6) is 0. The molecule has 86 valence electrons. The minimum atomic E-state index is -0.954. The number of nitrogens with zero attached hydrogens (tertiary/aromatic N) is 1. The molecule has 5 N–H and O–H groups in total. The van der Waals surface area contributed by atoms with Crippen LogP contribution in [0.3, 0.4) is 0 Å². The van der Waals surface area contributed by atoms with Crippen LogP contribution in [-0.4, -0.2) is 33.1 Å². The van der Waals surface area contributed by atoms with Gasteiger partial charge in [0, 0.05) is 11.9 Å². The summed E-state index contributed by atoms with van der Waals surface area (Å²) in [6.45, 7) is 1.91. The van der Waals surface area contributed by atoms with Gasteiger partial charge in [-0.05, 0) is 30.2 Å². The molecule has 2 unspecified atom stereocenters. The zero-order chi connectivity index (χ0) is 11.7. The molecule has 0 aliphatic rings. The van der Waals surface area contributed by atoms with E-state index in [9.17, 15) is 10.2 Å². The molecule has 0 aliphatic heterocycles. The molecule has 0 spiro atoms. The maximum atomic E-state index is 9.91. The second kappa shape index (κ2) is 4.21. The second-order valence-corrected chi connectivity index (χ2v) is 3.91. The lowest BCUT2D eigenvalue weighted by Gasteiger charge is -2.18. The minimum Gasteiger partial charge on any atom is -0.389 e. The zero-order valence-corrected chi connectivity index (χ0v) is 9.01. The third-order valence-corrected chi connectivity index (χ3v) is 2.75. The monoisotopic (exact) mass is 221 g/mol. The number of aliphatic hydroxyl groups excluding tert-OH is 2. The van der Waals surface area contributed by atoms with E-state index in [0.717, 1.165) is 16.5 Å². The molecule has 5 heteroatoms. The van der Waals surface area contributed by atoms with Crippen molar-refractivity contribution in [3.05, 3.63) is 29.5 Å². The third kappa shape index (κ3) is 1.80. The number of fused-ring (bicyclic) bond motifs is 1. The van der Waals surface area contributed by atoms with Crippen molar-refractivity contribution in [2.75, 3.05) is 6.54 Å². The lowest BCUT2D eigenvalue weighted by Crippen LogP contribution is -2.27. The fourth-order valence-electron chi connectivity index (χ4n) is 1.77. The van der Waals surface area contributed by atoms with Gasteiger partial charge in [-0.2, -0.15) is 5.10 Å². The van der Waals surface area contributed by atoms with Crippen LogP contribution in [0.4, 0.5) is 0 Å². The molecule has 1 aromatic carbocycles. The number of aromatic nitrogens is 2. The van der Waals surface area contributed by atoms with Crippen LogP contribution in [0.15, 0.2) is 18.3 Å². The van der Waals surface area contributed by atoms with Crippen molar-refractivity contribution < 1.29 is 10.2 Å². The molecule has 0 saturated carbocycles. The van der Waals surface area contributed by atoms with E-state index in [2.05, 4.69) is 10.2 Å². The van der Waals surface area contributed by atoms with E-state index < -0.39 is 12.2 Å². The summed E-state index contributed by atoms with van der Waals surface area (Å²) in [7, 11) is 0. The van der Waals surface area contributed by atoms with Crippen LogP contribution in [0.25, 0.3) is 10.9 Å². The van der Waals surface area contributed by atoms with Crippen molar-refractivity contribution in [1.29, 1.82) is 0 Å². The van der Waals surface area contributed by atoms with Crippen LogP contribution < -0.4 is 5.73 Å². The molecular weight excluding hydrogens is 206 g/mol. The average molecular weight is 221 g/mol. The van der Waals surface area contributed by atoms with Crippen molar-refractivity contribution in [2.24, 2.45) is 5.73 Å². The topological polar surface area (TPSA) is 95.2 Å². The second-order valence-electron chi connectivity index (χ2n) is 3.91. The highest BCUT2D eigenvalue weighted by Crippen LogP contribution is 2.25. The number of hydrogen-bond donors (Lipinski definition) is 4. The van der Waals surface area contributed by atoms with Gasteiger partial charge in [-0.3, -0.25) is 5.10 Å². The number of benzene rings is 1. The lowest BCUT2D eigenvalue weighted by molar-refractivity contribution is 0.0240. The maximum Gasteiger partial charge on any atom is 0.106 e. The first-order valence-electron chi connectivity index (χ1n) is 5.13. The van der Waals surface area contributed by atoms with Crippen LogP contribution in [0.2, 0.25) is 0 Å². The molecule has 1 aromatic heterocycles. The van der Waals surface area contributed by atoms with E-state index in [0.29, 0.717) is 5.56 Å². The Labute approximate surface area is 92.9 Å². The number of hydrogen-bond acceptors (Lipinski definition) is 4. The largest absolute Gasteiger partial charge is 0.389 e. The van der Waals surface area contributed by atoms with Gasteiger partial charge < -0.3 is 15.9 Å². The lowest BCUT2D eigenvalue weighted by atomic mass is 9.98. The first kappa shape index (κ1) is 11.1. The van der Waals surface area contributed by atoms with Crippen molar-refractivity contribution in [3.63, 3.8) is 0 Å². The van der Waals surface area contributed by atoms with Crippen LogP contribution >= 0.6 is 0 Å². The fourth-order valence-corrected chi connectivity index (χ4v) is 1.77. The first-order valence-corrected chi connectivity index (χ1v) is 5.13. The Hall–Kier alpha value is -1.43. The van der Waals surface area contributed by atoms with E-state index in [1.165, 1.54) is 0 Å². The van der Waals surface area contributed by atoms with Gasteiger partial charge in [0.05, 0.1) is 17.8 Å². The summed E-state index contributed by atoms with van der Waals surface area (Å²) in [5.41, 5.74) is 7.82. The molecule has 0 saturated heterocycles. The van der Waals surface area contributed by atoms with Gasteiger partial charge >= 0.3 is 0 Å². The predicted octanol–water partition coefficient (Wildman–Crippen LogP) is 0.224. The Balaban J connectivity index is 2.46. The molecule has 2 aromatic rings. The SMILES string of the molecule is Cc1cc2[nH]ncc2cc1C(O)C(O)CN. The molecule has 2 rings (SSSR count). The van der Waals surface area contributed by atoms with Gasteiger partial charge in [-0.1, -0.05) is 0 Å². The molecular formula is C11H15N3O2. The van der Waals surface area contributed by atoms with Crippen LogP contribution in [0.5, 0.6) is 0 Å². The van der Waals surface area contributed by atoms with Gasteiger partial charge in [0.1, 0.15) is 6.10 Å². The van der Waals surface area contributed by atoms with Gasteiger partial charge in [-0.25, -0.2) is 0 Å². The Morgan fingerprint density at radius 3 is 2.88 bits per heavy atom. The number of nitrogens with one attached hydrogen (secondary N) is 1. The van der Waals surface area contributed by atoms with Crippen molar-refractivity contribution in [2.45, 2.75) is 19.1 Å². The minimum absolute atomic E-state index is 0.0318. The quantitative estimate of drug-likeness (QED) is 0.596. The van der Waals surface area contributed by atoms with Gasteiger partial charge in [0.2, 0.25) is 0 Å². The summed E-state index contributed by atoms with van der Waals surface area (Å²) < 4.78 is 0. The summed E-state index contributed by atoms with van der Waals surface area (Å²) in [4.78, 5) is 0. The molecule has 0 amide bonds. The van der Waals surface area contributed by atoms with Crippen LogP contribution in [0, 0.1) is 6.92 Å². The summed E-state index contributed by atoms with van der Waals surface area (Å²) in [5, 5.41) is 27.1. The van der Waals surface area contributed by atoms with Crippen molar-refractivity contribution in [3.8, 4) is 0 Å². The van der Waals surface area contributed by atoms with E-state index in [1.54, 1.807) is 6.20 Å². The molecule has 2 atom stereocenters. The predicted molar refractivity (Wildman–Crippen MR) is 60.9 cm³/mol. The highest BCUT2D eigenvalue weighted by Gasteiger charge is 2.19. The molecule has 0 fully saturated rings. The van der Waals surface area contributed by atoms with Crippen LogP contribution in [-0.2, 0) is 0 Å². The molecule has 0 bridgehead atoms. The van der Waals surface area contributed by atoms with Gasteiger partial charge in [0.25, 0.3) is 0 Å². The van der Waals surface area contributed by atoms with Crippen LogP contribution in [0.1, 0.15) is 17.2 Å². The zero-order valence-electron chi connectivity index (χ0n) is 9.01. The number of H-pyrrole nitrogens is 1. The maximum absolute atomic E-state index is 9.91.